The van der Waals surface area contributed by atoms with Crippen molar-refractivity contribution in [3.63, 3.8) is 0 Å². The second kappa shape index (κ2) is 9.20. The number of halogens is 1. The van der Waals surface area contributed by atoms with Crippen LogP contribution in [0.2, 0.25) is 0 Å². The molecule has 1 amide bonds. The third-order valence-electron chi connectivity index (χ3n) is 3.80. The lowest BCUT2D eigenvalue weighted by atomic mass is 10.1. The van der Waals surface area contributed by atoms with Gasteiger partial charge in [0.15, 0.2) is 28.1 Å². The molecule has 2 aromatic carbocycles. The Morgan fingerprint density at radius 3 is 2.34 bits per heavy atom. The molecule has 0 saturated heterocycles. The van der Waals surface area contributed by atoms with Gasteiger partial charge in [-0.3, -0.25) is 10.1 Å². The fraction of sp³-hybridized carbons (Fsp3) is 0.211. The van der Waals surface area contributed by atoms with Crippen molar-refractivity contribution < 1.29 is 28.1 Å². The maximum atomic E-state index is 13.6. The first-order valence-corrected chi connectivity index (χ1v) is 9.18. The first-order chi connectivity index (χ1) is 14.0. The number of ether oxygens (including phenoxy) is 4. The number of carbonyl (C=O) groups is 1. The van der Waals surface area contributed by atoms with Crippen molar-refractivity contribution in [2.45, 2.75) is 6.61 Å². The van der Waals surface area contributed by atoms with Crippen LogP contribution < -0.4 is 24.3 Å². The summed E-state index contributed by atoms with van der Waals surface area (Å²) in [6.45, 7) is 0.0264. The zero-order valence-corrected chi connectivity index (χ0v) is 16.7. The Morgan fingerprint density at radius 2 is 1.72 bits per heavy atom. The molecule has 29 heavy (non-hydrogen) atoms. The summed E-state index contributed by atoms with van der Waals surface area (Å²) < 4.78 is 34.7. The van der Waals surface area contributed by atoms with Gasteiger partial charge >= 0.3 is 0 Å². The Kier molecular flexibility index (Phi) is 6.45. The lowest BCUT2D eigenvalue weighted by molar-refractivity contribution is 0.102. The number of rotatable bonds is 8. The van der Waals surface area contributed by atoms with E-state index >= 15 is 0 Å². The summed E-state index contributed by atoms with van der Waals surface area (Å²) in [4.78, 5) is 12.6. The van der Waals surface area contributed by atoms with Gasteiger partial charge in [0.2, 0.25) is 10.9 Å². The topological polar surface area (TPSA) is 91.8 Å². The monoisotopic (exact) mass is 419 g/mol. The predicted octanol–water partition coefficient (Wildman–Crippen LogP) is 3.53. The maximum Gasteiger partial charge on any atom is 0.257 e. The normalized spacial score (nSPS) is 10.3. The number of para-hydroxylation sites is 1. The highest BCUT2D eigenvalue weighted by Crippen LogP contribution is 2.38. The fourth-order valence-electron chi connectivity index (χ4n) is 2.45. The van der Waals surface area contributed by atoms with Crippen LogP contribution in [-0.4, -0.2) is 37.4 Å². The van der Waals surface area contributed by atoms with E-state index in [2.05, 4.69) is 15.5 Å². The molecule has 0 atom stereocenters. The third kappa shape index (κ3) is 4.72. The zero-order chi connectivity index (χ0) is 20.8. The Bertz CT molecular complexity index is 986. The molecule has 3 aromatic rings. The van der Waals surface area contributed by atoms with Crippen molar-refractivity contribution in [1.29, 1.82) is 0 Å². The highest BCUT2D eigenvalue weighted by molar-refractivity contribution is 7.15. The molecule has 1 heterocycles. The summed E-state index contributed by atoms with van der Waals surface area (Å²) >= 11 is 1.12. The summed E-state index contributed by atoms with van der Waals surface area (Å²) in [6, 6.07) is 9.12. The van der Waals surface area contributed by atoms with Crippen molar-refractivity contribution in [2.24, 2.45) is 0 Å². The second-order valence-corrected chi connectivity index (χ2v) is 6.65. The van der Waals surface area contributed by atoms with Crippen LogP contribution in [0.3, 0.4) is 0 Å². The number of amides is 1. The van der Waals surface area contributed by atoms with Crippen molar-refractivity contribution in [2.75, 3.05) is 26.6 Å². The Labute approximate surface area is 170 Å². The number of methoxy groups -OCH3 is 3. The van der Waals surface area contributed by atoms with E-state index in [9.17, 15) is 9.18 Å². The molecule has 1 N–H and O–H groups in total. The molecule has 3 rings (SSSR count). The van der Waals surface area contributed by atoms with Gasteiger partial charge in [-0.25, -0.2) is 4.39 Å². The zero-order valence-electron chi connectivity index (χ0n) is 15.9. The van der Waals surface area contributed by atoms with Crippen LogP contribution in [0, 0.1) is 5.82 Å². The minimum Gasteiger partial charge on any atom is -0.493 e. The molecule has 1 aromatic heterocycles. The number of aromatic nitrogens is 2. The molecule has 0 aliphatic carbocycles. The van der Waals surface area contributed by atoms with Gasteiger partial charge in [-0.1, -0.05) is 23.5 Å². The highest BCUT2D eigenvalue weighted by Gasteiger charge is 2.18. The van der Waals surface area contributed by atoms with Crippen molar-refractivity contribution in [3.8, 4) is 23.0 Å². The molecule has 10 heteroatoms. The molecular formula is C19H18FN3O5S. The predicted molar refractivity (Wildman–Crippen MR) is 105 cm³/mol. The molecule has 0 unspecified atom stereocenters. The van der Waals surface area contributed by atoms with Crippen molar-refractivity contribution in [3.05, 3.63) is 52.8 Å². The van der Waals surface area contributed by atoms with Crippen molar-refractivity contribution >= 4 is 22.4 Å². The van der Waals surface area contributed by atoms with Gasteiger partial charge in [0.05, 0.1) is 21.3 Å². The molecule has 152 valence electrons. The first-order valence-electron chi connectivity index (χ1n) is 8.36. The number of hydrogen-bond donors (Lipinski definition) is 1. The molecule has 0 aliphatic rings. The number of nitrogens with zero attached hydrogens (tertiary/aromatic N) is 2. The largest absolute Gasteiger partial charge is 0.493 e. The first kappa shape index (κ1) is 20.3. The van der Waals surface area contributed by atoms with Gasteiger partial charge in [-0.05, 0) is 24.3 Å². The van der Waals surface area contributed by atoms with E-state index in [1.165, 1.54) is 45.6 Å². The number of nitrogens with one attached hydrogen (secondary N) is 1. The van der Waals surface area contributed by atoms with Crippen LogP contribution in [0.4, 0.5) is 9.52 Å². The molecule has 0 aliphatic heterocycles. The van der Waals surface area contributed by atoms with Crippen LogP contribution in [0.15, 0.2) is 36.4 Å². The summed E-state index contributed by atoms with van der Waals surface area (Å²) in [7, 11) is 4.41. The Hall–Kier alpha value is -3.40. The molecule has 0 saturated carbocycles. The van der Waals surface area contributed by atoms with E-state index in [0.717, 1.165) is 11.3 Å². The molecule has 0 fully saturated rings. The van der Waals surface area contributed by atoms with E-state index in [-0.39, 0.29) is 17.5 Å². The summed E-state index contributed by atoms with van der Waals surface area (Å²) in [5.41, 5.74) is 0.291. The average molecular weight is 419 g/mol. The van der Waals surface area contributed by atoms with Crippen LogP contribution >= 0.6 is 11.3 Å². The van der Waals surface area contributed by atoms with E-state index in [0.29, 0.717) is 27.8 Å². The quantitative estimate of drug-likeness (QED) is 0.597. The maximum absolute atomic E-state index is 13.6. The summed E-state index contributed by atoms with van der Waals surface area (Å²) in [5, 5.41) is 11.3. The lowest BCUT2D eigenvalue weighted by Crippen LogP contribution is -2.12. The minimum atomic E-state index is -0.465. The van der Waals surface area contributed by atoms with Crippen LogP contribution in [0.5, 0.6) is 23.0 Å². The Morgan fingerprint density at radius 1 is 1.03 bits per heavy atom. The Balaban J connectivity index is 1.69. The average Bonchev–Trinajstić information content (AvgIpc) is 3.19. The van der Waals surface area contributed by atoms with Gasteiger partial charge in [0, 0.05) is 5.56 Å². The van der Waals surface area contributed by atoms with E-state index in [1.807, 2.05) is 0 Å². The smallest absolute Gasteiger partial charge is 0.257 e. The number of carbonyl (C=O) groups excluding carboxylic acids is 1. The van der Waals surface area contributed by atoms with Gasteiger partial charge in [0.1, 0.15) is 6.61 Å². The van der Waals surface area contributed by atoms with Crippen LogP contribution in [0.1, 0.15) is 15.4 Å². The van der Waals surface area contributed by atoms with Gasteiger partial charge in [0.25, 0.3) is 5.91 Å². The summed E-state index contributed by atoms with van der Waals surface area (Å²) in [6.07, 6.45) is 0. The van der Waals surface area contributed by atoms with E-state index < -0.39 is 11.7 Å². The third-order valence-corrected chi connectivity index (χ3v) is 4.61. The minimum absolute atomic E-state index is 0.0264. The van der Waals surface area contributed by atoms with E-state index in [1.54, 1.807) is 12.1 Å². The molecule has 0 radical (unpaired) electrons. The van der Waals surface area contributed by atoms with E-state index in [4.69, 9.17) is 18.9 Å². The molecule has 0 bridgehead atoms. The lowest BCUT2D eigenvalue weighted by Gasteiger charge is -2.13. The highest BCUT2D eigenvalue weighted by atomic mass is 32.1. The SMILES string of the molecule is COc1cc(C(=O)Nc2nnc(COc3ccccc3F)s2)cc(OC)c1OC. The van der Waals surface area contributed by atoms with Gasteiger partial charge < -0.3 is 18.9 Å². The van der Waals surface area contributed by atoms with Crippen LogP contribution in [-0.2, 0) is 6.61 Å². The van der Waals surface area contributed by atoms with Crippen LogP contribution in [0.25, 0.3) is 0 Å². The standard InChI is InChI=1S/C19H18FN3O5S/c1-25-14-8-11(9-15(26-2)17(14)27-3)18(24)21-19-23-22-16(29-19)10-28-13-7-5-4-6-12(13)20/h4-9H,10H2,1-3H3,(H,21,23,24). The van der Waals surface area contributed by atoms with Crippen molar-refractivity contribution in [1.82, 2.24) is 10.2 Å². The number of benzene rings is 2. The molecular weight excluding hydrogens is 401 g/mol. The second-order valence-electron chi connectivity index (χ2n) is 5.59. The summed E-state index contributed by atoms with van der Waals surface area (Å²) in [5.74, 6) is 0.317. The van der Waals surface area contributed by atoms with Gasteiger partial charge in [-0.2, -0.15) is 0 Å². The number of hydrogen-bond acceptors (Lipinski definition) is 8. The number of anilines is 1. The fourth-order valence-corrected chi connectivity index (χ4v) is 3.09. The molecule has 8 nitrogen and oxygen atoms in total. The molecule has 0 spiro atoms. The van der Waals surface area contributed by atoms with Gasteiger partial charge in [-0.15, -0.1) is 10.2 Å².